The van der Waals surface area contributed by atoms with Gasteiger partial charge in [0.1, 0.15) is 6.79 Å². The highest BCUT2D eigenvalue weighted by Gasteiger charge is 2.47. The van der Waals surface area contributed by atoms with Crippen LogP contribution in [-0.4, -0.2) is 54.7 Å². The quantitative estimate of drug-likeness (QED) is 0.140. The summed E-state index contributed by atoms with van der Waals surface area (Å²) in [5.41, 5.74) is 1.73. The number of hydrogen-bond acceptors (Lipinski definition) is 4. The maximum absolute atomic E-state index is 6.83. The lowest BCUT2D eigenvalue weighted by Crippen LogP contribution is -2.50. The summed E-state index contributed by atoms with van der Waals surface area (Å²) < 4.78 is 24.6. The van der Waals surface area contributed by atoms with Crippen LogP contribution in [0.5, 0.6) is 0 Å². The van der Waals surface area contributed by atoms with E-state index in [0.29, 0.717) is 42.0 Å². The van der Waals surface area contributed by atoms with E-state index in [1.54, 1.807) is 0 Å². The summed E-state index contributed by atoms with van der Waals surface area (Å²) in [4.78, 5) is 0. The molecule has 1 rings (SSSR count). The van der Waals surface area contributed by atoms with Gasteiger partial charge in [0.05, 0.1) is 24.9 Å². The normalized spacial score (nSPS) is 22.9. The SMILES string of the molecule is CC(C)[Si](OC[C@H](OCOCC[Si](C)(C)C)[C@@H](C)[C@H]1O[C@H]1C)(C(C)C)C(C)C. The van der Waals surface area contributed by atoms with Gasteiger partial charge >= 0.3 is 0 Å². The average molecular weight is 433 g/mol. The van der Waals surface area contributed by atoms with Gasteiger partial charge in [0, 0.05) is 20.6 Å². The largest absolute Gasteiger partial charge is 0.413 e. The Morgan fingerprint density at radius 2 is 1.39 bits per heavy atom. The van der Waals surface area contributed by atoms with Gasteiger partial charge in [0.25, 0.3) is 0 Å². The Bertz CT molecular complexity index is 427. The fourth-order valence-electron chi connectivity index (χ4n) is 4.62. The number of rotatable bonds is 14. The lowest BCUT2D eigenvalue weighted by molar-refractivity contribution is -0.117. The molecule has 0 aromatic heterocycles. The van der Waals surface area contributed by atoms with Gasteiger partial charge in [-0.25, -0.2) is 0 Å². The molecule has 4 atom stereocenters. The Balaban J connectivity index is 2.71. The topological polar surface area (TPSA) is 40.2 Å². The predicted octanol–water partition coefficient (Wildman–Crippen LogP) is 6.30. The minimum Gasteiger partial charge on any atom is -0.413 e. The first kappa shape index (κ1) is 26.3. The van der Waals surface area contributed by atoms with Gasteiger partial charge in [-0.15, -0.1) is 0 Å². The van der Waals surface area contributed by atoms with Crippen LogP contribution in [0.2, 0.25) is 42.3 Å². The average Bonchev–Trinajstić information content (AvgIpc) is 3.27. The van der Waals surface area contributed by atoms with Crippen LogP contribution in [0.4, 0.5) is 0 Å². The second-order valence-corrected chi connectivity index (χ2v) is 21.9. The summed E-state index contributed by atoms with van der Waals surface area (Å²) in [5, 5.41) is 0. The second kappa shape index (κ2) is 11.1. The molecule has 1 fully saturated rings. The molecule has 4 nitrogen and oxygen atoms in total. The molecule has 0 aromatic carbocycles. The van der Waals surface area contributed by atoms with E-state index < -0.39 is 16.4 Å². The van der Waals surface area contributed by atoms with Crippen molar-refractivity contribution in [3.8, 4) is 0 Å². The highest BCUT2D eigenvalue weighted by atomic mass is 28.4. The molecule has 0 N–H and O–H groups in total. The summed E-state index contributed by atoms with van der Waals surface area (Å²) in [5.74, 6) is 0.314. The van der Waals surface area contributed by atoms with Gasteiger partial charge < -0.3 is 18.6 Å². The highest BCUT2D eigenvalue weighted by molar-refractivity contribution is 6.77. The van der Waals surface area contributed by atoms with Crippen molar-refractivity contribution in [1.29, 1.82) is 0 Å². The van der Waals surface area contributed by atoms with Crippen molar-refractivity contribution in [2.45, 2.75) is 116 Å². The van der Waals surface area contributed by atoms with Crippen molar-refractivity contribution in [2.24, 2.45) is 5.92 Å². The summed E-state index contributed by atoms with van der Waals surface area (Å²) in [6, 6.07) is 1.17. The van der Waals surface area contributed by atoms with Crippen molar-refractivity contribution in [3.05, 3.63) is 0 Å². The fraction of sp³-hybridized carbons (Fsp3) is 1.00. The molecule has 168 valence electrons. The third-order valence-corrected chi connectivity index (χ3v) is 14.2. The zero-order valence-electron chi connectivity index (χ0n) is 20.5. The predicted molar refractivity (Wildman–Crippen MR) is 124 cm³/mol. The molecule has 1 saturated heterocycles. The van der Waals surface area contributed by atoms with E-state index in [9.17, 15) is 0 Å². The van der Waals surface area contributed by atoms with Crippen LogP contribution in [0.25, 0.3) is 0 Å². The van der Waals surface area contributed by atoms with Gasteiger partial charge in [0.15, 0.2) is 8.32 Å². The molecule has 1 heterocycles. The molecule has 0 aromatic rings. The molecule has 0 amide bonds. The van der Waals surface area contributed by atoms with Crippen LogP contribution in [0.15, 0.2) is 0 Å². The number of ether oxygens (including phenoxy) is 3. The standard InChI is InChI=1S/C22H48O4Si2/c1-16(2)28(17(3)4,18(5)6)25-14-21(19(7)22-20(8)26-22)24-15-23-12-13-27(9,10)11/h16-22H,12-15H2,1-11H3/t19-,20+,21+,22-/m1/s1. The number of epoxide rings is 1. The van der Waals surface area contributed by atoms with Crippen LogP contribution in [0, 0.1) is 5.92 Å². The zero-order chi connectivity index (χ0) is 21.7. The summed E-state index contributed by atoms with van der Waals surface area (Å²) in [6.45, 7) is 27.2. The molecule has 6 heteroatoms. The van der Waals surface area contributed by atoms with Crippen LogP contribution in [0.3, 0.4) is 0 Å². The minimum atomic E-state index is -1.90. The van der Waals surface area contributed by atoms with Crippen LogP contribution >= 0.6 is 0 Å². The smallest absolute Gasteiger partial charge is 0.200 e. The first-order valence-corrected chi connectivity index (χ1v) is 17.2. The Kier molecular flexibility index (Phi) is 10.4. The summed E-state index contributed by atoms with van der Waals surface area (Å²) in [6.07, 6.45) is 0.630. The van der Waals surface area contributed by atoms with Crippen LogP contribution in [0.1, 0.15) is 55.4 Å². The number of hydrogen-bond donors (Lipinski definition) is 0. The summed E-state index contributed by atoms with van der Waals surface area (Å²) >= 11 is 0. The lowest BCUT2D eigenvalue weighted by atomic mass is 10.00. The monoisotopic (exact) mass is 432 g/mol. The first-order chi connectivity index (χ1) is 12.8. The van der Waals surface area contributed by atoms with Gasteiger partial charge in [-0.2, -0.15) is 0 Å². The Morgan fingerprint density at radius 1 is 0.893 bits per heavy atom. The molecule has 1 aliphatic rings. The van der Waals surface area contributed by atoms with E-state index in [0.717, 1.165) is 6.61 Å². The fourth-order valence-corrected chi connectivity index (χ4v) is 10.8. The van der Waals surface area contributed by atoms with Crippen LogP contribution in [-0.2, 0) is 18.6 Å². The Hall–Kier alpha value is 0.274. The van der Waals surface area contributed by atoms with Crippen LogP contribution < -0.4 is 0 Å². The van der Waals surface area contributed by atoms with Crippen molar-refractivity contribution in [1.82, 2.24) is 0 Å². The maximum atomic E-state index is 6.83. The van der Waals surface area contributed by atoms with Gasteiger partial charge in [-0.1, -0.05) is 68.1 Å². The van der Waals surface area contributed by atoms with Crippen molar-refractivity contribution < 1.29 is 18.6 Å². The first-order valence-electron chi connectivity index (χ1n) is 11.3. The molecule has 0 unspecified atom stereocenters. The van der Waals surface area contributed by atoms with Gasteiger partial charge in [0.2, 0.25) is 0 Å². The second-order valence-electron chi connectivity index (χ2n) is 10.8. The Labute approximate surface area is 177 Å². The third kappa shape index (κ3) is 7.51. The van der Waals surface area contributed by atoms with E-state index in [-0.39, 0.29) is 12.2 Å². The van der Waals surface area contributed by atoms with Crippen molar-refractivity contribution in [2.75, 3.05) is 20.0 Å². The molecule has 1 aliphatic heterocycles. The van der Waals surface area contributed by atoms with E-state index in [2.05, 4.69) is 75.0 Å². The highest BCUT2D eigenvalue weighted by Crippen LogP contribution is 2.43. The van der Waals surface area contributed by atoms with E-state index in [4.69, 9.17) is 18.6 Å². The molecular weight excluding hydrogens is 384 g/mol. The van der Waals surface area contributed by atoms with Gasteiger partial charge in [-0.05, 0) is 29.6 Å². The maximum Gasteiger partial charge on any atom is 0.200 e. The molecule has 0 radical (unpaired) electrons. The molecule has 0 saturated carbocycles. The Morgan fingerprint density at radius 3 is 1.79 bits per heavy atom. The van der Waals surface area contributed by atoms with E-state index in [1.807, 2.05) is 0 Å². The molecule has 0 bridgehead atoms. The van der Waals surface area contributed by atoms with Gasteiger partial charge in [-0.3, -0.25) is 0 Å². The van der Waals surface area contributed by atoms with Crippen molar-refractivity contribution >= 4 is 16.4 Å². The van der Waals surface area contributed by atoms with E-state index in [1.165, 1.54) is 6.04 Å². The zero-order valence-corrected chi connectivity index (χ0v) is 22.5. The molecule has 0 aliphatic carbocycles. The molecular formula is C22H48O4Si2. The van der Waals surface area contributed by atoms with Crippen molar-refractivity contribution in [3.63, 3.8) is 0 Å². The minimum absolute atomic E-state index is 0.0185. The lowest BCUT2D eigenvalue weighted by Gasteiger charge is -2.43. The third-order valence-electron chi connectivity index (χ3n) is 6.43. The van der Waals surface area contributed by atoms with E-state index >= 15 is 0 Å². The molecule has 28 heavy (non-hydrogen) atoms. The molecule has 0 spiro atoms. The summed E-state index contributed by atoms with van der Waals surface area (Å²) in [7, 11) is -2.97.